The molecule has 110 valence electrons. The second-order valence-electron chi connectivity index (χ2n) is 4.75. The number of nitriles is 1. The number of rotatable bonds is 5. The molecule has 0 spiro atoms. The van der Waals surface area contributed by atoms with Crippen LogP contribution in [-0.4, -0.2) is 18.7 Å². The number of anilines is 1. The van der Waals surface area contributed by atoms with Crippen LogP contribution >= 0.6 is 0 Å². The van der Waals surface area contributed by atoms with Crippen LogP contribution in [0.15, 0.2) is 53.6 Å². The number of nitrogens with zero attached hydrogens (tertiary/aromatic N) is 2. The molecule has 0 aliphatic carbocycles. The van der Waals surface area contributed by atoms with Crippen LogP contribution < -0.4 is 10.7 Å². The van der Waals surface area contributed by atoms with Crippen LogP contribution in [0.1, 0.15) is 16.7 Å². The van der Waals surface area contributed by atoms with E-state index < -0.39 is 0 Å². The molecule has 5 nitrogen and oxygen atoms in total. The molecule has 0 aliphatic rings. The number of hydrogen-bond donors (Lipinski definition) is 2. The highest BCUT2D eigenvalue weighted by Gasteiger charge is 1.99. The van der Waals surface area contributed by atoms with Gasteiger partial charge in [0.15, 0.2) is 0 Å². The Hall–Kier alpha value is -3.13. The maximum Gasteiger partial charge on any atom is 0.259 e. The molecule has 0 fully saturated rings. The Morgan fingerprint density at radius 3 is 2.50 bits per heavy atom. The van der Waals surface area contributed by atoms with Gasteiger partial charge in [0.1, 0.15) is 0 Å². The van der Waals surface area contributed by atoms with Crippen LogP contribution in [0.2, 0.25) is 0 Å². The van der Waals surface area contributed by atoms with Crippen LogP contribution in [0.5, 0.6) is 0 Å². The van der Waals surface area contributed by atoms with Gasteiger partial charge in [-0.05, 0) is 36.8 Å². The second kappa shape index (κ2) is 7.60. The topological polar surface area (TPSA) is 77.3 Å². The lowest BCUT2D eigenvalue weighted by atomic mass is 10.2. The molecule has 2 aromatic carbocycles. The third-order valence-corrected chi connectivity index (χ3v) is 2.95. The SMILES string of the molecule is Cc1ccc(NCC(=O)N/N=C/c2ccc(C#N)cc2)cc1. The number of amides is 1. The van der Waals surface area contributed by atoms with Crippen molar-refractivity contribution in [2.75, 3.05) is 11.9 Å². The number of hydrogen-bond acceptors (Lipinski definition) is 4. The van der Waals surface area contributed by atoms with Crippen LogP contribution in [0.3, 0.4) is 0 Å². The highest BCUT2D eigenvalue weighted by molar-refractivity contribution is 5.84. The molecule has 0 saturated carbocycles. The van der Waals surface area contributed by atoms with E-state index in [-0.39, 0.29) is 12.5 Å². The number of benzene rings is 2. The summed E-state index contributed by atoms with van der Waals surface area (Å²) in [5.74, 6) is -0.231. The van der Waals surface area contributed by atoms with Gasteiger partial charge in [0.2, 0.25) is 0 Å². The van der Waals surface area contributed by atoms with Gasteiger partial charge >= 0.3 is 0 Å². The molecular weight excluding hydrogens is 276 g/mol. The largest absolute Gasteiger partial charge is 0.376 e. The summed E-state index contributed by atoms with van der Waals surface area (Å²) in [7, 11) is 0. The van der Waals surface area contributed by atoms with E-state index in [2.05, 4.69) is 15.8 Å². The normalized spacial score (nSPS) is 10.2. The number of nitrogens with one attached hydrogen (secondary N) is 2. The maximum atomic E-state index is 11.6. The van der Waals surface area contributed by atoms with Crippen molar-refractivity contribution in [3.05, 3.63) is 65.2 Å². The van der Waals surface area contributed by atoms with Crippen LogP contribution in [0, 0.1) is 18.3 Å². The fraction of sp³-hybridized carbons (Fsp3) is 0.118. The summed E-state index contributed by atoms with van der Waals surface area (Å²) in [6.45, 7) is 2.15. The Bertz CT molecular complexity index is 697. The first-order valence-electron chi connectivity index (χ1n) is 6.80. The fourth-order valence-electron chi connectivity index (χ4n) is 1.72. The number of aryl methyl sites for hydroxylation is 1. The zero-order chi connectivity index (χ0) is 15.8. The smallest absolute Gasteiger partial charge is 0.259 e. The van der Waals surface area contributed by atoms with E-state index in [4.69, 9.17) is 5.26 Å². The lowest BCUT2D eigenvalue weighted by molar-refractivity contribution is -0.119. The first-order valence-corrected chi connectivity index (χ1v) is 6.80. The molecule has 2 rings (SSSR count). The predicted molar refractivity (Wildman–Crippen MR) is 86.6 cm³/mol. The summed E-state index contributed by atoms with van der Waals surface area (Å²) < 4.78 is 0. The Balaban J connectivity index is 1.78. The van der Waals surface area contributed by atoms with Gasteiger partial charge in [0.25, 0.3) is 5.91 Å². The maximum absolute atomic E-state index is 11.6. The molecule has 0 saturated heterocycles. The number of hydrazone groups is 1. The van der Waals surface area contributed by atoms with E-state index in [9.17, 15) is 4.79 Å². The minimum Gasteiger partial charge on any atom is -0.376 e. The second-order valence-corrected chi connectivity index (χ2v) is 4.75. The molecule has 0 atom stereocenters. The van der Waals surface area contributed by atoms with E-state index in [1.807, 2.05) is 37.3 Å². The summed E-state index contributed by atoms with van der Waals surface area (Å²) in [5, 5.41) is 15.6. The zero-order valence-corrected chi connectivity index (χ0v) is 12.2. The Morgan fingerprint density at radius 1 is 1.18 bits per heavy atom. The highest BCUT2D eigenvalue weighted by Crippen LogP contribution is 2.07. The van der Waals surface area contributed by atoms with Gasteiger partial charge in [-0.1, -0.05) is 29.8 Å². The summed E-state index contributed by atoms with van der Waals surface area (Å²) in [5.41, 5.74) is 5.90. The van der Waals surface area contributed by atoms with Crippen molar-refractivity contribution >= 4 is 17.8 Å². The minimum atomic E-state index is -0.231. The van der Waals surface area contributed by atoms with Crippen LogP contribution in [0.4, 0.5) is 5.69 Å². The van der Waals surface area contributed by atoms with Crippen LogP contribution in [-0.2, 0) is 4.79 Å². The monoisotopic (exact) mass is 292 g/mol. The molecule has 22 heavy (non-hydrogen) atoms. The summed E-state index contributed by atoms with van der Waals surface area (Å²) in [6.07, 6.45) is 1.53. The fourth-order valence-corrected chi connectivity index (χ4v) is 1.72. The lowest BCUT2D eigenvalue weighted by Crippen LogP contribution is -2.25. The molecule has 0 unspecified atom stereocenters. The average molecular weight is 292 g/mol. The van der Waals surface area contributed by atoms with E-state index >= 15 is 0 Å². The predicted octanol–water partition coefficient (Wildman–Crippen LogP) is 2.43. The molecule has 2 N–H and O–H groups in total. The number of carbonyl (C=O) groups is 1. The van der Waals surface area contributed by atoms with Crippen molar-refractivity contribution in [1.82, 2.24) is 5.43 Å². The molecule has 2 aromatic rings. The minimum absolute atomic E-state index is 0.147. The van der Waals surface area contributed by atoms with Crippen molar-refractivity contribution in [2.45, 2.75) is 6.92 Å². The van der Waals surface area contributed by atoms with E-state index in [1.54, 1.807) is 24.3 Å². The highest BCUT2D eigenvalue weighted by atomic mass is 16.2. The molecule has 1 amide bonds. The van der Waals surface area contributed by atoms with Gasteiger partial charge in [-0.25, -0.2) is 5.43 Å². The van der Waals surface area contributed by atoms with Gasteiger partial charge < -0.3 is 5.32 Å². The Kier molecular flexibility index (Phi) is 5.27. The van der Waals surface area contributed by atoms with Gasteiger partial charge in [-0.3, -0.25) is 4.79 Å². The summed E-state index contributed by atoms with van der Waals surface area (Å²) in [4.78, 5) is 11.6. The Labute approximate surface area is 129 Å². The quantitative estimate of drug-likeness (QED) is 0.656. The van der Waals surface area contributed by atoms with Crippen LogP contribution in [0.25, 0.3) is 0 Å². The number of carbonyl (C=O) groups excluding carboxylic acids is 1. The molecule has 5 heteroatoms. The molecular formula is C17H16N4O. The third-order valence-electron chi connectivity index (χ3n) is 2.95. The third kappa shape index (κ3) is 4.76. The van der Waals surface area contributed by atoms with Crippen molar-refractivity contribution in [2.24, 2.45) is 5.10 Å². The molecule has 0 bridgehead atoms. The summed E-state index contributed by atoms with van der Waals surface area (Å²) in [6, 6.07) is 16.7. The van der Waals surface area contributed by atoms with E-state index in [0.717, 1.165) is 11.3 Å². The molecule has 0 aromatic heterocycles. The van der Waals surface area contributed by atoms with Gasteiger partial charge in [-0.2, -0.15) is 10.4 Å². The van der Waals surface area contributed by atoms with Gasteiger partial charge in [0, 0.05) is 5.69 Å². The van der Waals surface area contributed by atoms with Gasteiger partial charge in [-0.15, -0.1) is 0 Å². The first kappa shape index (κ1) is 15.3. The molecule has 0 heterocycles. The average Bonchev–Trinajstić information content (AvgIpc) is 2.55. The van der Waals surface area contributed by atoms with Crippen molar-refractivity contribution in [1.29, 1.82) is 5.26 Å². The van der Waals surface area contributed by atoms with E-state index in [1.165, 1.54) is 11.8 Å². The van der Waals surface area contributed by atoms with Crippen molar-refractivity contribution in [3.63, 3.8) is 0 Å². The van der Waals surface area contributed by atoms with Gasteiger partial charge in [0.05, 0.1) is 24.4 Å². The first-order chi connectivity index (χ1) is 10.7. The summed E-state index contributed by atoms with van der Waals surface area (Å²) >= 11 is 0. The van der Waals surface area contributed by atoms with E-state index in [0.29, 0.717) is 5.56 Å². The van der Waals surface area contributed by atoms with Crippen molar-refractivity contribution in [3.8, 4) is 6.07 Å². The molecule has 0 aliphatic heterocycles. The zero-order valence-electron chi connectivity index (χ0n) is 12.2. The lowest BCUT2D eigenvalue weighted by Gasteiger charge is -2.05. The Morgan fingerprint density at radius 2 is 1.86 bits per heavy atom. The molecule has 0 radical (unpaired) electrons. The standard InChI is InChI=1S/C17H16N4O/c1-13-2-8-16(9-3-13)19-12-17(22)21-20-11-15-6-4-14(10-18)5-7-15/h2-9,11,19H,12H2,1H3,(H,21,22)/b20-11+. The van der Waals surface area contributed by atoms with Crippen molar-refractivity contribution < 1.29 is 4.79 Å².